The average Bonchev–Trinajstić information content (AvgIpc) is 2.46. The van der Waals surface area contributed by atoms with Gasteiger partial charge >= 0.3 is 6.03 Å². The summed E-state index contributed by atoms with van der Waals surface area (Å²) in [5.74, 6) is 0.852. The number of hydrogen-bond acceptors (Lipinski definition) is 5. The van der Waals surface area contributed by atoms with Gasteiger partial charge in [0, 0.05) is 19.7 Å². The van der Waals surface area contributed by atoms with Gasteiger partial charge in [-0.3, -0.25) is 0 Å². The van der Waals surface area contributed by atoms with E-state index in [4.69, 9.17) is 9.47 Å². The van der Waals surface area contributed by atoms with Crippen LogP contribution >= 0.6 is 0 Å². The molecule has 2 amide bonds. The van der Waals surface area contributed by atoms with Crippen molar-refractivity contribution in [2.45, 2.75) is 26.4 Å². The SMILES string of the molecule is COCCOc1ccc(NC(=O)NCC(O)CC(C)C)cn1. The second-order valence-electron chi connectivity index (χ2n) is 5.34. The molecule has 1 aromatic heterocycles. The molecule has 3 N–H and O–H groups in total. The minimum absolute atomic E-state index is 0.218. The van der Waals surface area contributed by atoms with E-state index in [-0.39, 0.29) is 12.6 Å². The number of rotatable bonds is 9. The van der Waals surface area contributed by atoms with Gasteiger partial charge in [0.2, 0.25) is 5.88 Å². The van der Waals surface area contributed by atoms with Gasteiger partial charge in [0.25, 0.3) is 0 Å². The average molecular weight is 311 g/mol. The fraction of sp³-hybridized carbons (Fsp3) is 0.600. The van der Waals surface area contributed by atoms with Crippen LogP contribution in [0.15, 0.2) is 18.3 Å². The molecule has 0 aliphatic carbocycles. The maximum atomic E-state index is 11.7. The van der Waals surface area contributed by atoms with Crippen LogP contribution < -0.4 is 15.4 Å². The Bertz CT molecular complexity index is 437. The first kappa shape index (κ1) is 18.2. The lowest BCUT2D eigenvalue weighted by Gasteiger charge is -2.14. The molecular weight excluding hydrogens is 286 g/mol. The van der Waals surface area contributed by atoms with Crippen LogP contribution in [-0.4, -0.2) is 49.1 Å². The molecule has 22 heavy (non-hydrogen) atoms. The van der Waals surface area contributed by atoms with Crippen molar-refractivity contribution in [2.75, 3.05) is 32.2 Å². The second-order valence-corrected chi connectivity index (χ2v) is 5.34. The molecule has 0 aliphatic rings. The Balaban J connectivity index is 2.32. The van der Waals surface area contributed by atoms with Crippen LogP contribution in [-0.2, 0) is 4.74 Å². The normalized spacial score (nSPS) is 12.0. The first-order chi connectivity index (χ1) is 10.5. The third kappa shape index (κ3) is 7.80. The minimum atomic E-state index is -0.541. The molecule has 1 aromatic rings. The highest BCUT2D eigenvalue weighted by Crippen LogP contribution is 2.11. The third-order valence-corrected chi connectivity index (χ3v) is 2.77. The van der Waals surface area contributed by atoms with Gasteiger partial charge in [0.05, 0.1) is 24.6 Å². The molecule has 0 saturated heterocycles. The van der Waals surface area contributed by atoms with Gasteiger partial charge in [-0.05, 0) is 18.4 Å². The standard InChI is InChI=1S/C15H25N3O4/c1-11(2)8-13(19)10-17-15(20)18-12-4-5-14(16-9-12)22-7-6-21-3/h4-5,9,11,13,19H,6-8,10H2,1-3H3,(H2,17,18,20). The number of hydrogen-bond donors (Lipinski definition) is 3. The summed E-state index contributed by atoms with van der Waals surface area (Å²) >= 11 is 0. The minimum Gasteiger partial charge on any atom is -0.475 e. The van der Waals surface area contributed by atoms with E-state index in [9.17, 15) is 9.90 Å². The Morgan fingerprint density at radius 3 is 2.73 bits per heavy atom. The fourth-order valence-corrected chi connectivity index (χ4v) is 1.78. The van der Waals surface area contributed by atoms with Gasteiger partial charge in [-0.2, -0.15) is 0 Å². The first-order valence-corrected chi connectivity index (χ1v) is 7.32. The van der Waals surface area contributed by atoms with Gasteiger partial charge in [-0.15, -0.1) is 0 Å². The molecule has 7 heteroatoms. The lowest BCUT2D eigenvalue weighted by molar-refractivity contribution is 0.144. The van der Waals surface area contributed by atoms with E-state index in [1.165, 1.54) is 6.20 Å². The largest absolute Gasteiger partial charge is 0.475 e. The molecule has 0 aromatic carbocycles. The number of methoxy groups -OCH3 is 1. The Kier molecular flexibility index (Phi) is 8.24. The van der Waals surface area contributed by atoms with E-state index >= 15 is 0 Å². The maximum Gasteiger partial charge on any atom is 0.319 e. The van der Waals surface area contributed by atoms with E-state index in [1.807, 2.05) is 13.8 Å². The predicted octanol–water partition coefficient (Wildman–Crippen LogP) is 1.64. The molecule has 1 atom stereocenters. The van der Waals surface area contributed by atoms with E-state index < -0.39 is 6.10 Å². The fourth-order valence-electron chi connectivity index (χ4n) is 1.78. The van der Waals surface area contributed by atoms with Crippen LogP contribution in [0.4, 0.5) is 10.5 Å². The first-order valence-electron chi connectivity index (χ1n) is 7.32. The van der Waals surface area contributed by atoms with Gasteiger partial charge in [0.1, 0.15) is 6.61 Å². The summed E-state index contributed by atoms with van der Waals surface area (Å²) in [6.07, 6.45) is 1.61. The number of pyridine rings is 1. The molecule has 0 fully saturated rings. The zero-order chi connectivity index (χ0) is 16.4. The number of carbonyl (C=O) groups excluding carboxylic acids is 1. The van der Waals surface area contributed by atoms with Gasteiger partial charge < -0.3 is 25.2 Å². The van der Waals surface area contributed by atoms with Crippen molar-refractivity contribution in [3.63, 3.8) is 0 Å². The number of ether oxygens (including phenoxy) is 2. The number of amides is 2. The maximum absolute atomic E-state index is 11.7. The quantitative estimate of drug-likeness (QED) is 0.603. The molecule has 1 heterocycles. The lowest BCUT2D eigenvalue weighted by atomic mass is 10.1. The summed E-state index contributed by atoms with van der Waals surface area (Å²) in [4.78, 5) is 15.8. The summed E-state index contributed by atoms with van der Waals surface area (Å²) < 4.78 is 10.2. The van der Waals surface area contributed by atoms with Crippen LogP contribution in [0.1, 0.15) is 20.3 Å². The van der Waals surface area contributed by atoms with Crippen LogP contribution in [0.5, 0.6) is 5.88 Å². The summed E-state index contributed by atoms with van der Waals surface area (Å²) in [6, 6.07) is 2.98. The highest BCUT2D eigenvalue weighted by atomic mass is 16.5. The summed E-state index contributed by atoms with van der Waals surface area (Å²) in [5, 5.41) is 15.0. The van der Waals surface area contributed by atoms with Crippen molar-refractivity contribution in [3.8, 4) is 5.88 Å². The molecule has 1 rings (SSSR count). The Labute approximate surface area is 131 Å². The lowest BCUT2D eigenvalue weighted by Crippen LogP contribution is -2.35. The van der Waals surface area contributed by atoms with Crippen LogP contribution in [0.2, 0.25) is 0 Å². The number of anilines is 1. The molecule has 0 saturated carbocycles. The molecule has 7 nitrogen and oxygen atoms in total. The number of aliphatic hydroxyl groups excluding tert-OH is 1. The molecular formula is C15H25N3O4. The topological polar surface area (TPSA) is 92.7 Å². The molecule has 0 radical (unpaired) electrons. The van der Waals surface area contributed by atoms with Crippen molar-refractivity contribution >= 4 is 11.7 Å². The van der Waals surface area contributed by atoms with E-state index in [0.29, 0.717) is 37.1 Å². The third-order valence-electron chi connectivity index (χ3n) is 2.77. The van der Waals surface area contributed by atoms with E-state index in [1.54, 1.807) is 19.2 Å². The zero-order valence-corrected chi connectivity index (χ0v) is 13.3. The van der Waals surface area contributed by atoms with Crippen molar-refractivity contribution in [1.29, 1.82) is 0 Å². The van der Waals surface area contributed by atoms with Gasteiger partial charge in [-0.25, -0.2) is 9.78 Å². The Hall–Kier alpha value is -1.86. The number of urea groups is 1. The van der Waals surface area contributed by atoms with E-state index in [2.05, 4.69) is 15.6 Å². The second kappa shape index (κ2) is 9.97. The summed E-state index contributed by atoms with van der Waals surface area (Å²) in [5.41, 5.74) is 0.551. The molecule has 1 unspecified atom stereocenters. The number of aliphatic hydroxyl groups is 1. The number of nitrogens with zero attached hydrogens (tertiary/aromatic N) is 1. The molecule has 0 aliphatic heterocycles. The van der Waals surface area contributed by atoms with Crippen molar-refractivity contribution in [1.82, 2.24) is 10.3 Å². The van der Waals surface area contributed by atoms with E-state index in [0.717, 1.165) is 0 Å². The van der Waals surface area contributed by atoms with Crippen molar-refractivity contribution < 1.29 is 19.4 Å². The van der Waals surface area contributed by atoms with Crippen molar-refractivity contribution in [2.24, 2.45) is 5.92 Å². The summed E-state index contributed by atoms with van der Waals surface area (Å²) in [6.45, 7) is 5.17. The van der Waals surface area contributed by atoms with Crippen molar-refractivity contribution in [3.05, 3.63) is 18.3 Å². The summed E-state index contributed by atoms with van der Waals surface area (Å²) in [7, 11) is 1.60. The predicted molar refractivity (Wildman–Crippen MR) is 84.1 cm³/mol. The number of nitrogens with one attached hydrogen (secondary N) is 2. The Morgan fingerprint density at radius 1 is 1.36 bits per heavy atom. The highest BCUT2D eigenvalue weighted by Gasteiger charge is 2.09. The molecule has 124 valence electrons. The smallest absolute Gasteiger partial charge is 0.319 e. The van der Waals surface area contributed by atoms with Crippen LogP contribution in [0, 0.1) is 5.92 Å². The Morgan fingerprint density at radius 2 is 2.14 bits per heavy atom. The van der Waals surface area contributed by atoms with Crippen LogP contribution in [0.25, 0.3) is 0 Å². The van der Waals surface area contributed by atoms with Crippen LogP contribution in [0.3, 0.4) is 0 Å². The zero-order valence-electron chi connectivity index (χ0n) is 13.3. The van der Waals surface area contributed by atoms with Gasteiger partial charge in [-0.1, -0.05) is 13.8 Å². The molecule has 0 spiro atoms. The highest BCUT2D eigenvalue weighted by molar-refractivity contribution is 5.89. The van der Waals surface area contributed by atoms with Gasteiger partial charge in [0.15, 0.2) is 0 Å². The molecule has 0 bridgehead atoms. The monoisotopic (exact) mass is 311 g/mol. The number of aromatic nitrogens is 1. The number of carbonyl (C=O) groups is 1.